The topological polar surface area (TPSA) is 33.7 Å². The predicted molar refractivity (Wildman–Crippen MR) is 52.3 cm³/mol. The van der Waals surface area contributed by atoms with Crippen molar-refractivity contribution < 1.29 is 9.47 Å². The number of hydrogen-bond donors (Lipinski definition) is 1. The predicted octanol–water partition coefficient (Wildman–Crippen LogP) is -0.552. The molecule has 80 valence electrons. The summed E-state index contributed by atoms with van der Waals surface area (Å²) >= 11 is 0. The van der Waals surface area contributed by atoms with Gasteiger partial charge in [-0.1, -0.05) is 0 Å². The Labute approximate surface area is 84.5 Å². The van der Waals surface area contributed by atoms with Gasteiger partial charge in [-0.3, -0.25) is 4.90 Å². The fraction of sp³-hybridized carbons (Fsp3) is 1.00. The van der Waals surface area contributed by atoms with Crippen LogP contribution in [0, 0.1) is 0 Å². The first-order valence-electron chi connectivity index (χ1n) is 5.61. The van der Waals surface area contributed by atoms with Crippen LogP contribution in [-0.2, 0) is 9.47 Å². The molecule has 3 saturated heterocycles. The van der Waals surface area contributed by atoms with Gasteiger partial charge >= 0.3 is 0 Å². The highest BCUT2D eigenvalue weighted by Gasteiger charge is 2.39. The van der Waals surface area contributed by atoms with E-state index in [1.807, 2.05) is 0 Å². The lowest BCUT2D eigenvalue weighted by molar-refractivity contribution is -0.116. The van der Waals surface area contributed by atoms with Gasteiger partial charge in [0.2, 0.25) is 0 Å². The normalized spacial score (nSPS) is 44.1. The van der Waals surface area contributed by atoms with Gasteiger partial charge in [-0.15, -0.1) is 0 Å². The summed E-state index contributed by atoms with van der Waals surface area (Å²) < 4.78 is 11.4. The Hall–Kier alpha value is -0.160. The fourth-order valence-electron chi connectivity index (χ4n) is 2.74. The quantitative estimate of drug-likeness (QED) is 0.613. The van der Waals surface area contributed by atoms with Gasteiger partial charge in [0.15, 0.2) is 0 Å². The van der Waals surface area contributed by atoms with Crippen molar-refractivity contribution in [2.75, 3.05) is 39.4 Å². The summed E-state index contributed by atoms with van der Waals surface area (Å²) in [6.45, 7) is 5.99. The molecule has 3 rings (SSSR count). The molecule has 0 spiro atoms. The van der Waals surface area contributed by atoms with E-state index in [-0.39, 0.29) is 0 Å². The van der Waals surface area contributed by atoms with Crippen LogP contribution < -0.4 is 5.32 Å². The zero-order valence-electron chi connectivity index (χ0n) is 8.45. The third-order valence-corrected chi connectivity index (χ3v) is 3.54. The molecule has 3 heterocycles. The summed E-state index contributed by atoms with van der Waals surface area (Å²) in [5, 5.41) is 3.41. The molecule has 3 atom stereocenters. The Morgan fingerprint density at radius 2 is 1.79 bits per heavy atom. The van der Waals surface area contributed by atoms with E-state index in [1.165, 1.54) is 6.42 Å². The van der Waals surface area contributed by atoms with Crippen molar-refractivity contribution in [1.82, 2.24) is 10.2 Å². The number of nitrogens with one attached hydrogen (secondary N) is 1. The number of fused-ring (bicyclic) bond motifs is 1. The number of likely N-dealkylation sites (tertiary alicyclic amines) is 1. The smallest absolute Gasteiger partial charge is 0.0977 e. The molecule has 1 N–H and O–H groups in total. The molecule has 4 heteroatoms. The Balaban J connectivity index is 1.61. The number of ether oxygens (including phenoxy) is 2. The van der Waals surface area contributed by atoms with Gasteiger partial charge in [-0.2, -0.15) is 0 Å². The second kappa shape index (κ2) is 3.77. The van der Waals surface area contributed by atoms with Gasteiger partial charge in [0.25, 0.3) is 0 Å². The van der Waals surface area contributed by atoms with Gasteiger partial charge in [-0.05, 0) is 13.0 Å². The standard InChI is InChI=1S/C10H18N2O2/c1-2-11-5-8(1)12-6-9-10(7-12)14-4-3-13-9/h8-11H,1-7H2. The molecule has 0 bridgehead atoms. The first kappa shape index (κ1) is 9.09. The SMILES string of the molecule is C1CC(N2CC3OCCOC3C2)CN1. The van der Waals surface area contributed by atoms with Crippen molar-refractivity contribution in [2.45, 2.75) is 24.7 Å². The third-order valence-electron chi connectivity index (χ3n) is 3.54. The minimum atomic E-state index is 0.337. The molecule has 3 aliphatic heterocycles. The monoisotopic (exact) mass is 198 g/mol. The van der Waals surface area contributed by atoms with E-state index in [2.05, 4.69) is 10.2 Å². The maximum Gasteiger partial charge on any atom is 0.0977 e. The Kier molecular flexibility index (Phi) is 2.45. The first-order valence-corrected chi connectivity index (χ1v) is 5.61. The molecule has 14 heavy (non-hydrogen) atoms. The zero-order valence-corrected chi connectivity index (χ0v) is 8.45. The largest absolute Gasteiger partial charge is 0.372 e. The van der Waals surface area contributed by atoms with Gasteiger partial charge in [0.1, 0.15) is 0 Å². The van der Waals surface area contributed by atoms with E-state index in [1.54, 1.807) is 0 Å². The van der Waals surface area contributed by atoms with Gasteiger partial charge in [0, 0.05) is 25.7 Å². The lowest BCUT2D eigenvalue weighted by atomic mass is 10.2. The van der Waals surface area contributed by atoms with Crippen molar-refractivity contribution in [3.8, 4) is 0 Å². The molecule has 0 amide bonds. The summed E-state index contributed by atoms with van der Waals surface area (Å²) in [7, 11) is 0. The molecule has 0 aromatic heterocycles. The van der Waals surface area contributed by atoms with Crippen LogP contribution in [0.15, 0.2) is 0 Å². The van der Waals surface area contributed by atoms with Crippen molar-refractivity contribution in [3.63, 3.8) is 0 Å². The second-order valence-corrected chi connectivity index (χ2v) is 4.42. The van der Waals surface area contributed by atoms with E-state index in [0.29, 0.717) is 18.2 Å². The van der Waals surface area contributed by atoms with Crippen molar-refractivity contribution in [1.29, 1.82) is 0 Å². The molecular formula is C10H18N2O2. The van der Waals surface area contributed by atoms with Crippen LogP contribution >= 0.6 is 0 Å². The summed E-state index contributed by atoms with van der Waals surface area (Å²) in [5.41, 5.74) is 0. The van der Waals surface area contributed by atoms with Gasteiger partial charge in [-0.25, -0.2) is 0 Å². The fourth-order valence-corrected chi connectivity index (χ4v) is 2.74. The van der Waals surface area contributed by atoms with Gasteiger partial charge < -0.3 is 14.8 Å². The highest BCUT2D eigenvalue weighted by atomic mass is 16.6. The Morgan fingerprint density at radius 1 is 1.07 bits per heavy atom. The minimum Gasteiger partial charge on any atom is -0.372 e. The van der Waals surface area contributed by atoms with E-state index in [4.69, 9.17) is 9.47 Å². The lowest BCUT2D eigenvalue weighted by Crippen LogP contribution is -2.36. The molecule has 0 radical (unpaired) electrons. The molecule has 0 aliphatic carbocycles. The van der Waals surface area contributed by atoms with Crippen LogP contribution in [0.4, 0.5) is 0 Å². The molecule has 0 saturated carbocycles. The summed E-state index contributed by atoms with van der Waals surface area (Å²) in [6.07, 6.45) is 1.95. The summed E-state index contributed by atoms with van der Waals surface area (Å²) in [5.74, 6) is 0. The van der Waals surface area contributed by atoms with Crippen LogP contribution in [0.2, 0.25) is 0 Å². The Morgan fingerprint density at radius 3 is 2.36 bits per heavy atom. The van der Waals surface area contributed by atoms with E-state index >= 15 is 0 Å². The highest BCUT2D eigenvalue weighted by molar-refractivity contribution is 4.93. The van der Waals surface area contributed by atoms with Crippen LogP contribution in [-0.4, -0.2) is 62.5 Å². The average molecular weight is 198 g/mol. The molecule has 3 fully saturated rings. The average Bonchev–Trinajstić information content (AvgIpc) is 2.86. The van der Waals surface area contributed by atoms with Crippen LogP contribution in [0.25, 0.3) is 0 Å². The molecule has 3 aliphatic rings. The van der Waals surface area contributed by atoms with Crippen molar-refractivity contribution in [2.24, 2.45) is 0 Å². The van der Waals surface area contributed by atoms with Crippen LogP contribution in [0.5, 0.6) is 0 Å². The molecule has 0 aromatic rings. The van der Waals surface area contributed by atoms with E-state index in [9.17, 15) is 0 Å². The second-order valence-electron chi connectivity index (χ2n) is 4.42. The molecule has 0 aromatic carbocycles. The summed E-state index contributed by atoms with van der Waals surface area (Å²) in [4.78, 5) is 2.53. The zero-order chi connectivity index (χ0) is 9.38. The molecular weight excluding hydrogens is 180 g/mol. The van der Waals surface area contributed by atoms with Crippen molar-refractivity contribution in [3.05, 3.63) is 0 Å². The number of nitrogens with zero attached hydrogens (tertiary/aromatic N) is 1. The summed E-state index contributed by atoms with van der Waals surface area (Å²) in [6, 6.07) is 0.716. The van der Waals surface area contributed by atoms with Crippen LogP contribution in [0.1, 0.15) is 6.42 Å². The highest BCUT2D eigenvalue weighted by Crippen LogP contribution is 2.23. The van der Waals surface area contributed by atoms with Gasteiger partial charge in [0.05, 0.1) is 25.4 Å². The molecule has 4 nitrogen and oxygen atoms in total. The number of hydrogen-bond acceptors (Lipinski definition) is 4. The van der Waals surface area contributed by atoms with E-state index < -0.39 is 0 Å². The minimum absolute atomic E-state index is 0.337. The van der Waals surface area contributed by atoms with Crippen LogP contribution in [0.3, 0.4) is 0 Å². The Bertz CT molecular complexity index is 192. The van der Waals surface area contributed by atoms with E-state index in [0.717, 1.165) is 39.4 Å². The number of rotatable bonds is 1. The maximum absolute atomic E-state index is 5.70. The van der Waals surface area contributed by atoms with Crippen molar-refractivity contribution >= 4 is 0 Å². The lowest BCUT2D eigenvalue weighted by Gasteiger charge is -2.24. The third kappa shape index (κ3) is 1.56. The first-order chi connectivity index (χ1) is 6.93. The molecule has 3 unspecified atom stereocenters. The maximum atomic E-state index is 5.70.